The predicted molar refractivity (Wildman–Crippen MR) is 119 cm³/mol. The van der Waals surface area contributed by atoms with Crippen LogP contribution < -0.4 is 4.90 Å². The first kappa shape index (κ1) is 20.5. The maximum atomic E-state index is 12.6. The molecule has 0 spiro atoms. The first-order valence-electron chi connectivity index (χ1n) is 9.76. The molecule has 1 amide bonds. The number of amides is 1. The molecule has 2 aromatic carbocycles. The Morgan fingerprint density at radius 2 is 1.71 bits per heavy atom. The second-order valence-corrected chi connectivity index (χ2v) is 7.48. The molecule has 0 N–H and O–H groups in total. The first-order chi connectivity index (χ1) is 15.2. The van der Waals surface area contributed by atoms with E-state index in [1.165, 1.54) is 11.3 Å². The molecule has 0 saturated heterocycles. The van der Waals surface area contributed by atoms with Gasteiger partial charge in [0.05, 0.1) is 10.6 Å². The van der Waals surface area contributed by atoms with Crippen molar-refractivity contribution in [2.24, 2.45) is 0 Å². The molecule has 0 unspecified atom stereocenters. The minimum absolute atomic E-state index is 0.0946. The molecule has 0 aliphatic heterocycles. The standard InChI is InChI=1S/C23H20N4O3S/c1-2-26(17-10-5-3-6-11-17)20(28)16-30-23(29)21-24-22(19-14-9-15-31-19)27(25-21)18-12-7-4-8-13-18/h3-15H,2,16H2,1H3. The summed E-state index contributed by atoms with van der Waals surface area (Å²) in [6.45, 7) is 1.93. The van der Waals surface area contributed by atoms with Gasteiger partial charge in [-0.2, -0.15) is 4.98 Å². The van der Waals surface area contributed by atoms with Crippen LogP contribution in [0.3, 0.4) is 0 Å². The van der Waals surface area contributed by atoms with E-state index in [1.54, 1.807) is 9.58 Å². The van der Waals surface area contributed by atoms with Gasteiger partial charge in [0, 0.05) is 12.2 Å². The minimum atomic E-state index is -0.745. The number of aromatic nitrogens is 3. The van der Waals surface area contributed by atoms with Gasteiger partial charge in [-0.1, -0.05) is 42.5 Å². The third-order valence-corrected chi connectivity index (χ3v) is 5.41. The van der Waals surface area contributed by atoms with E-state index in [0.29, 0.717) is 12.4 Å². The largest absolute Gasteiger partial charge is 0.450 e. The van der Waals surface area contributed by atoms with Crippen LogP contribution in [-0.2, 0) is 9.53 Å². The van der Waals surface area contributed by atoms with Crippen molar-refractivity contribution in [2.45, 2.75) is 6.92 Å². The number of nitrogens with zero attached hydrogens (tertiary/aromatic N) is 4. The number of anilines is 1. The Bertz CT molecular complexity index is 1160. The number of para-hydroxylation sites is 2. The van der Waals surface area contributed by atoms with E-state index in [4.69, 9.17) is 4.74 Å². The normalized spacial score (nSPS) is 10.6. The number of carbonyl (C=O) groups is 2. The second-order valence-electron chi connectivity index (χ2n) is 6.53. The molecule has 4 rings (SSSR count). The zero-order valence-corrected chi connectivity index (χ0v) is 17.7. The van der Waals surface area contributed by atoms with Crippen LogP contribution in [0.25, 0.3) is 16.4 Å². The molecule has 0 saturated carbocycles. The van der Waals surface area contributed by atoms with Gasteiger partial charge in [0.25, 0.3) is 11.7 Å². The molecular weight excluding hydrogens is 412 g/mol. The predicted octanol–water partition coefficient (Wildman–Crippen LogP) is 4.21. The quantitative estimate of drug-likeness (QED) is 0.409. The van der Waals surface area contributed by atoms with Crippen molar-refractivity contribution in [1.82, 2.24) is 14.8 Å². The number of likely N-dealkylation sites (N-methyl/N-ethyl adjacent to an activating group) is 1. The number of rotatable bonds is 7. The van der Waals surface area contributed by atoms with Crippen LogP contribution in [0.4, 0.5) is 5.69 Å². The molecule has 8 heteroatoms. The lowest BCUT2D eigenvalue weighted by Gasteiger charge is -2.20. The Hall–Kier alpha value is -3.78. The first-order valence-corrected chi connectivity index (χ1v) is 10.6. The fraction of sp³-hybridized carbons (Fsp3) is 0.130. The van der Waals surface area contributed by atoms with E-state index < -0.39 is 12.6 Å². The topological polar surface area (TPSA) is 77.3 Å². The van der Waals surface area contributed by atoms with Crippen LogP contribution in [0.1, 0.15) is 17.5 Å². The summed E-state index contributed by atoms with van der Waals surface area (Å²) in [5.41, 5.74) is 1.52. The summed E-state index contributed by atoms with van der Waals surface area (Å²) >= 11 is 1.50. The van der Waals surface area contributed by atoms with Crippen molar-refractivity contribution in [3.63, 3.8) is 0 Å². The molecule has 2 aromatic heterocycles. The smallest absolute Gasteiger partial charge is 0.378 e. The molecule has 156 valence electrons. The van der Waals surface area contributed by atoms with Gasteiger partial charge in [0.2, 0.25) is 0 Å². The molecule has 2 heterocycles. The highest BCUT2D eigenvalue weighted by Crippen LogP contribution is 2.25. The van der Waals surface area contributed by atoms with Gasteiger partial charge in [-0.25, -0.2) is 9.48 Å². The zero-order valence-electron chi connectivity index (χ0n) is 16.8. The van der Waals surface area contributed by atoms with Crippen LogP contribution >= 0.6 is 11.3 Å². The monoisotopic (exact) mass is 432 g/mol. The lowest BCUT2D eigenvalue weighted by Crippen LogP contribution is -2.34. The Morgan fingerprint density at radius 1 is 1.00 bits per heavy atom. The van der Waals surface area contributed by atoms with Crippen LogP contribution in [0.5, 0.6) is 0 Å². The highest BCUT2D eigenvalue weighted by molar-refractivity contribution is 7.13. The Morgan fingerprint density at radius 3 is 2.35 bits per heavy atom. The van der Waals surface area contributed by atoms with Crippen LogP contribution in [0, 0.1) is 0 Å². The SMILES string of the molecule is CCN(C(=O)COC(=O)c1nc(-c2cccs2)n(-c2ccccc2)n1)c1ccccc1. The van der Waals surface area contributed by atoms with Gasteiger partial charge in [-0.05, 0) is 42.6 Å². The highest BCUT2D eigenvalue weighted by Gasteiger charge is 2.22. The van der Waals surface area contributed by atoms with Gasteiger partial charge in [-0.3, -0.25) is 4.79 Å². The van der Waals surface area contributed by atoms with Crippen molar-refractivity contribution >= 4 is 28.9 Å². The summed E-state index contributed by atoms with van der Waals surface area (Å²) in [5, 5.41) is 6.28. The molecule has 0 atom stereocenters. The van der Waals surface area contributed by atoms with Crippen molar-refractivity contribution in [2.75, 3.05) is 18.1 Å². The lowest BCUT2D eigenvalue weighted by molar-refractivity contribution is -0.121. The summed E-state index contributed by atoms with van der Waals surface area (Å²) in [5.74, 6) is -0.616. The van der Waals surface area contributed by atoms with Crippen molar-refractivity contribution in [1.29, 1.82) is 0 Å². The third kappa shape index (κ3) is 4.54. The van der Waals surface area contributed by atoms with Gasteiger partial charge in [0.1, 0.15) is 0 Å². The number of thiophene rings is 1. The Balaban J connectivity index is 1.53. The highest BCUT2D eigenvalue weighted by atomic mass is 32.1. The van der Waals surface area contributed by atoms with Crippen LogP contribution in [0.15, 0.2) is 78.2 Å². The number of esters is 1. The molecule has 0 fully saturated rings. The average molecular weight is 433 g/mol. The third-order valence-electron chi connectivity index (χ3n) is 4.54. The van der Waals surface area contributed by atoms with E-state index in [-0.39, 0.29) is 11.7 Å². The molecule has 0 aliphatic rings. The lowest BCUT2D eigenvalue weighted by atomic mass is 10.3. The summed E-state index contributed by atoms with van der Waals surface area (Å²) in [6, 6.07) is 22.5. The average Bonchev–Trinajstić information content (AvgIpc) is 3.49. The van der Waals surface area contributed by atoms with E-state index >= 15 is 0 Å². The number of hydrogen-bond acceptors (Lipinski definition) is 6. The second kappa shape index (κ2) is 9.36. The Kier molecular flexibility index (Phi) is 6.18. The van der Waals surface area contributed by atoms with Gasteiger partial charge >= 0.3 is 5.97 Å². The summed E-state index contributed by atoms with van der Waals surface area (Å²) < 4.78 is 6.85. The van der Waals surface area contributed by atoms with E-state index in [0.717, 1.165) is 16.3 Å². The summed E-state index contributed by atoms with van der Waals surface area (Å²) in [7, 11) is 0. The molecule has 0 aliphatic carbocycles. The van der Waals surface area contributed by atoms with Gasteiger partial charge < -0.3 is 9.64 Å². The fourth-order valence-electron chi connectivity index (χ4n) is 3.09. The van der Waals surface area contributed by atoms with Crippen molar-refractivity contribution in [3.8, 4) is 16.4 Å². The molecule has 0 bridgehead atoms. The Labute approximate surface area is 183 Å². The van der Waals surface area contributed by atoms with E-state index in [1.807, 2.05) is 85.1 Å². The van der Waals surface area contributed by atoms with Crippen LogP contribution in [0.2, 0.25) is 0 Å². The molecule has 0 radical (unpaired) electrons. The number of ether oxygens (including phenoxy) is 1. The molecule has 4 aromatic rings. The maximum absolute atomic E-state index is 12.6. The zero-order chi connectivity index (χ0) is 21.6. The maximum Gasteiger partial charge on any atom is 0.378 e. The number of hydrogen-bond donors (Lipinski definition) is 0. The summed E-state index contributed by atoms with van der Waals surface area (Å²) in [6.07, 6.45) is 0. The van der Waals surface area contributed by atoms with Crippen LogP contribution in [-0.4, -0.2) is 39.8 Å². The fourth-order valence-corrected chi connectivity index (χ4v) is 3.79. The van der Waals surface area contributed by atoms with E-state index in [9.17, 15) is 9.59 Å². The molecule has 7 nitrogen and oxygen atoms in total. The molecule has 31 heavy (non-hydrogen) atoms. The minimum Gasteiger partial charge on any atom is -0.450 e. The van der Waals surface area contributed by atoms with Gasteiger partial charge in [0.15, 0.2) is 12.4 Å². The van der Waals surface area contributed by atoms with Gasteiger partial charge in [-0.15, -0.1) is 16.4 Å². The summed E-state index contributed by atoms with van der Waals surface area (Å²) in [4.78, 5) is 32.0. The van der Waals surface area contributed by atoms with Crippen molar-refractivity contribution in [3.05, 3.63) is 84.0 Å². The van der Waals surface area contributed by atoms with Crippen molar-refractivity contribution < 1.29 is 14.3 Å². The number of benzene rings is 2. The van der Waals surface area contributed by atoms with E-state index in [2.05, 4.69) is 10.1 Å². The molecular formula is C23H20N4O3S. The number of carbonyl (C=O) groups excluding carboxylic acids is 2.